The van der Waals surface area contributed by atoms with Crippen LogP contribution in [0.4, 0.5) is 4.39 Å². The van der Waals surface area contributed by atoms with Crippen molar-refractivity contribution in [3.8, 4) is 0 Å². The van der Waals surface area contributed by atoms with E-state index in [1.54, 1.807) is 12.1 Å². The summed E-state index contributed by atoms with van der Waals surface area (Å²) in [6.07, 6.45) is 1.03. The molecule has 2 aromatic carbocycles. The summed E-state index contributed by atoms with van der Waals surface area (Å²) < 4.78 is 40.5. The number of hydrogen-bond acceptors (Lipinski definition) is 3. The van der Waals surface area contributed by atoms with E-state index >= 15 is 0 Å². The molecular weight excluding hydrogens is 391 g/mol. The summed E-state index contributed by atoms with van der Waals surface area (Å²) in [5, 5.41) is 2.84. The molecule has 0 unspecified atom stereocenters. The van der Waals surface area contributed by atoms with Gasteiger partial charge in [0.05, 0.1) is 10.9 Å². The summed E-state index contributed by atoms with van der Waals surface area (Å²) in [5.74, 6) is 0.00519. The van der Waals surface area contributed by atoms with Crippen LogP contribution in [-0.2, 0) is 10.0 Å². The molecule has 29 heavy (non-hydrogen) atoms. The Bertz CT molecular complexity index is 949. The van der Waals surface area contributed by atoms with E-state index in [4.69, 9.17) is 0 Å². The average Bonchev–Trinajstić information content (AvgIpc) is 2.67. The fraction of sp³-hybridized carbons (Fsp3) is 0.409. The number of rotatable bonds is 5. The van der Waals surface area contributed by atoms with E-state index in [1.165, 1.54) is 40.7 Å². The summed E-state index contributed by atoms with van der Waals surface area (Å²) in [6, 6.07) is 11.6. The van der Waals surface area contributed by atoms with Crippen LogP contribution in [0.25, 0.3) is 0 Å². The smallest absolute Gasteiger partial charge is 0.251 e. The van der Waals surface area contributed by atoms with Crippen LogP contribution in [0.1, 0.15) is 49.2 Å². The maximum atomic E-state index is 13.0. The molecule has 1 saturated heterocycles. The molecule has 7 heteroatoms. The molecular formula is C22H27FN2O3S. The van der Waals surface area contributed by atoms with Gasteiger partial charge in [-0.15, -0.1) is 0 Å². The third-order valence-corrected chi connectivity index (χ3v) is 7.15. The monoisotopic (exact) mass is 418 g/mol. The van der Waals surface area contributed by atoms with Gasteiger partial charge in [0, 0.05) is 18.7 Å². The molecule has 1 aliphatic rings. The van der Waals surface area contributed by atoms with E-state index in [2.05, 4.69) is 19.2 Å². The Morgan fingerprint density at radius 3 is 2.14 bits per heavy atom. The zero-order valence-corrected chi connectivity index (χ0v) is 17.7. The number of piperidine rings is 1. The third-order valence-electron chi connectivity index (χ3n) is 5.31. The summed E-state index contributed by atoms with van der Waals surface area (Å²) in [7, 11) is -3.57. The molecule has 1 aliphatic heterocycles. The van der Waals surface area contributed by atoms with Crippen molar-refractivity contribution in [3.63, 3.8) is 0 Å². The van der Waals surface area contributed by atoms with Crippen molar-refractivity contribution in [3.05, 3.63) is 65.5 Å². The number of benzene rings is 2. The average molecular weight is 419 g/mol. The molecule has 0 bridgehead atoms. The van der Waals surface area contributed by atoms with E-state index in [0.717, 1.165) is 12.0 Å². The van der Waals surface area contributed by atoms with Gasteiger partial charge in [0.25, 0.3) is 5.91 Å². The van der Waals surface area contributed by atoms with Crippen LogP contribution < -0.4 is 5.32 Å². The Morgan fingerprint density at radius 2 is 1.59 bits per heavy atom. The van der Waals surface area contributed by atoms with Gasteiger partial charge < -0.3 is 5.32 Å². The first kappa shape index (κ1) is 21.5. The van der Waals surface area contributed by atoms with E-state index < -0.39 is 10.0 Å². The van der Waals surface area contributed by atoms with Crippen molar-refractivity contribution < 1.29 is 17.6 Å². The molecule has 0 aromatic heterocycles. The molecule has 5 nitrogen and oxygen atoms in total. The number of carbonyl (C=O) groups excluding carboxylic acids is 1. The quantitative estimate of drug-likeness (QED) is 0.799. The Labute approximate surface area is 172 Å². The fourth-order valence-corrected chi connectivity index (χ4v) is 5.52. The van der Waals surface area contributed by atoms with Crippen LogP contribution in [0.3, 0.4) is 0 Å². The molecule has 0 saturated carbocycles. The second kappa shape index (κ2) is 8.63. The lowest BCUT2D eigenvalue weighted by molar-refractivity contribution is 0.0940. The van der Waals surface area contributed by atoms with Crippen molar-refractivity contribution in [2.45, 2.75) is 38.1 Å². The normalized spacial score (nSPS) is 21.5. The van der Waals surface area contributed by atoms with Crippen LogP contribution >= 0.6 is 0 Å². The highest BCUT2D eigenvalue weighted by atomic mass is 32.2. The first-order chi connectivity index (χ1) is 13.7. The van der Waals surface area contributed by atoms with Crippen molar-refractivity contribution in [1.29, 1.82) is 0 Å². The minimum absolute atomic E-state index is 0.196. The first-order valence-electron chi connectivity index (χ1n) is 9.83. The van der Waals surface area contributed by atoms with Gasteiger partial charge in [-0.3, -0.25) is 4.79 Å². The molecule has 156 valence electrons. The van der Waals surface area contributed by atoms with Crippen molar-refractivity contribution >= 4 is 15.9 Å². The molecule has 0 aliphatic carbocycles. The zero-order chi connectivity index (χ0) is 21.2. The van der Waals surface area contributed by atoms with E-state index in [0.29, 0.717) is 30.5 Å². The zero-order valence-electron chi connectivity index (χ0n) is 16.9. The number of nitrogens with one attached hydrogen (secondary N) is 1. The molecule has 1 heterocycles. The molecule has 3 atom stereocenters. The lowest BCUT2D eigenvalue weighted by Gasteiger charge is -2.34. The molecule has 0 radical (unpaired) electrons. The van der Waals surface area contributed by atoms with Crippen molar-refractivity contribution in [2.24, 2.45) is 11.8 Å². The molecule has 1 amide bonds. The van der Waals surface area contributed by atoms with Crippen LogP contribution in [0, 0.1) is 17.7 Å². The summed E-state index contributed by atoms with van der Waals surface area (Å²) in [5.41, 5.74) is 1.16. The summed E-state index contributed by atoms with van der Waals surface area (Å²) in [6.45, 7) is 6.97. The van der Waals surface area contributed by atoms with E-state index in [-0.39, 0.29) is 22.7 Å². The van der Waals surface area contributed by atoms with Crippen LogP contribution in [0.2, 0.25) is 0 Å². The van der Waals surface area contributed by atoms with E-state index in [1.807, 2.05) is 6.92 Å². The van der Waals surface area contributed by atoms with Gasteiger partial charge in [-0.2, -0.15) is 4.31 Å². The van der Waals surface area contributed by atoms with Gasteiger partial charge in [-0.05, 0) is 67.1 Å². The van der Waals surface area contributed by atoms with Crippen LogP contribution in [-0.4, -0.2) is 31.7 Å². The number of carbonyl (C=O) groups is 1. The molecule has 3 rings (SSSR count). The molecule has 1 N–H and O–H groups in total. The highest BCUT2D eigenvalue weighted by Crippen LogP contribution is 2.26. The minimum atomic E-state index is -3.57. The predicted octanol–water partition coefficient (Wildman–Crippen LogP) is 3.98. The highest BCUT2D eigenvalue weighted by molar-refractivity contribution is 7.89. The van der Waals surface area contributed by atoms with E-state index in [9.17, 15) is 17.6 Å². The van der Waals surface area contributed by atoms with Crippen molar-refractivity contribution in [1.82, 2.24) is 9.62 Å². The number of halogens is 1. The largest absolute Gasteiger partial charge is 0.346 e. The topological polar surface area (TPSA) is 66.5 Å². The maximum absolute atomic E-state index is 13.0. The van der Waals surface area contributed by atoms with Gasteiger partial charge in [0.2, 0.25) is 10.0 Å². The SMILES string of the molecule is C[C@H]1C[C@H](C)CN(S(=O)(=O)c2ccc(C(=O)N[C@@H](C)c3ccc(F)cc3)cc2)C1. The maximum Gasteiger partial charge on any atom is 0.251 e. The second-order valence-electron chi connectivity index (χ2n) is 8.04. The summed E-state index contributed by atoms with van der Waals surface area (Å²) in [4.78, 5) is 12.7. The van der Waals surface area contributed by atoms with Crippen LogP contribution in [0.15, 0.2) is 53.4 Å². The standard InChI is InChI=1S/C22H27FN2O3S/c1-15-12-16(2)14-25(13-15)29(27,28)21-10-6-19(7-11-21)22(26)24-17(3)18-4-8-20(23)9-5-18/h4-11,15-17H,12-14H2,1-3H3,(H,24,26)/t15-,16-,17-/m0/s1. The fourth-order valence-electron chi connectivity index (χ4n) is 3.84. The van der Waals surface area contributed by atoms with Gasteiger partial charge in [0.15, 0.2) is 0 Å². The Balaban J connectivity index is 1.70. The van der Waals surface area contributed by atoms with Crippen LogP contribution in [0.5, 0.6) is 0 Å². The molecule has 0 spiro atoms. The Hall–Kier alpha value is -2.25. The highest BCUT2D eigenvalue weighted by Gasteiger charge is 2.31. The molecule has 1 fully saturated rings. The number of hydrogen-bond donors (Lipinski definition) is 1. The summed E-state index contributed by atoms with van der Waals surface area (Å²) >= 11 is 0. The van der Waals surface area contributed by atoms with Gasteiger partial charge in [-0.25, -0.2) is 12.8 Å². The minimum Gasteiger partial charge on any atom is -0.346 e. The van der Waals surface area contributed by atoms with Gasteiger partial charge in [0.1, 0.15) is 5.82 Å². The predicted molar refractivity (Wildman–Crippen MR) is 110 cm³/mol. The van der Waals surface area contributed by atoms with Crippen molar-refractivity contribution in [2.75, 3.05) is 13.1 Å². The number of nitrogens with zero attached hydrogens (tertiary/aromatic N) is 1. The third kappa shape index (κ3) is 5.03. The molecule has 2 aromatic rings. The number of sulfonamides is 1. The lowest BCUT2D eigenvalue weighted by Crippen LogP contribution is -2.42. The number of amides is 1. The first-order valence-corrected chi connectivity index (χ1v) is 11.3. The van der Waals surface area contributed by atoms with Gasteiger partial charge in [-0.1, -0.05) is 26.0 Å². The Morgan fingerprint density at radius 1 is 1.03 bits per heavy atom. The van der Waals surface area contributed by atoms with Gasteiger partial charge >= 0.3 is 0 Å². The lowest BCUT2D eigenvalue weighted by atomic mass is 9.94. The Kier molecular flexibility index (Phi) is 6.39. The second-order valence-corrected chi connectivity index (χ2v) is 9.98.